The van der Waals surface area contributed by atoms with Crippen LogP contribution in [0, 0.1) is 11.3 Å². The Morgan fingerprint density at radius 3 is 2.62 bits per heavy atom. The van der Waals surface area contributed by atoms with Crippen molar-refractivity contribution in [2.75, 3.05) is 0 Å². The van der Waals surface area contributed by atoms with E-state index in [1.165, 1.54) is 25.7 Å². The monoisotopic (exact) mass is 224 g/mol. The van der Waals surface area contributed by atoms with Gasteiger partial charge in [0.15, 0.2) is 0 Å². The van der Waals surface area contributed by atoms with Gasteiger partial charge in [0.25, 0.3) is 0 Å². The standard InChI is InChI=1S/C14H24O2/c1-4-14(3)12(15)9-13(14)16-11-8-6-5-7-10(11)2/h10-11,13H,4-9H2,1-3H3. The summed E-state index contributed by atoms with van der Waals surface area (Å²) in [5, 5.41) is 0. The number of ether oxygens (including phenoxy) is 1. The second kappa shape index (κ2) is 4.48. The molecule has 2 heteroatoms. The van der Waals surface area contributed by atoms with Crippen molar-refractivity contribution in [3.05, 3.63) is 0 Å². The minimum Gasteiger partial charge on any atom is -0.373 e. The van der Waals surface area contributed by atoms with E-state index in [4.69, 9.17) is 4.74 Å². The first-order valence-electron chi connectivity index (χ1n) is 6.76. The number of Topliss-reactive ketones (excluding diaryl/α,β-unsaturated/α-hetero) is 1. The number of hydrogen-bond donors (Lipinski definition) is 0. The van der Waals surface area contributed by atoms with E-state index in [0.29, 0.717) is 24.2 Å². The first kappa shape index (κ1) is 12.1. The van der Waals surface area contributed by atoms with Crippen LogP contribution in [-0.4, -0.2) is 18.0 Å². The summed E-state index contributed by atoms with van der Waals surface area (Å²) in [7, 11) is 0. The summed E-state index contributed by atoms with van der Waals surface area (Å²) >= 11 is 0. The smallest absolute Gasteiger partial charge is 0.143 e. The fourth-order valence-electron chi connectivity index (χ4n) is 2.99. The highest BCUT2D eigenvalue weighted by Crippen LogP contribution is 2.44. The highest BCUT2D eigenvalue weighted by atomic mass is 16.5. The molecular formula is C14H24O2. The summed E-state index contributed by atoms with van der Waals surface area (Å²) in [5.74, 6) is 1.06. The molecule has 92 valence electrons. The van der Waals surface area contributed by atoms with Crippen molar-refractivity contribution in [1.29, 1.82) is 0 Å². The maximum Gasteiger partial charge on any atom is 0.143 e. The zero-order valence-corrected chi connectivity index (χ0v) is 10.8. The zero-order valence-electron chi connectivity index (χ0n) is 10.8. The maximum atomic E-state index is 11.6. The minimum absolute atomic E-state index is 0.183. The van der Waals surface area contributed by atoms with Crippen LogP contribution < -0.4 is 0 Å². The third-order valence-corrected chi connectivity index (χ3v) is 4.82. The first-order valence-corrected chi connectivity index (χ1v) is 6.76. The average molecular weight is 224 g/mol. The van der Waals surface area contributed by atoms with Gasteiger partial charge in [-0.2, -0.15) is 0 Å². The molecule has 0 bridgehead atoms. The van der Waals surface area contributed by atoms with Crippen LogP contribution in [0.5, 0.6) is 0 Å². The molecule has 4 unspecified atom stereocenters. The lowest BCUT2D eigenvalue weighted by molar-refractivity contribution is -0.176. The lowest BCUT2D eigenvalue weighted by Crippen LogP contribution is -2.54. The van der Waals surface area contributed by atoms with Gasteiger partial charge in [-0.1, -0.05) is 33.6 Å². The molecule has 0 aromatic carbocycles. The van der Waals surface area contributed by atoms with E-state index in [1.807, 2.05) is 0 Å². The molecule has 2 aliphatic carbocycles. The van der Waals surface area contributed by atoms with Gasteiger partial charge in [0.05, 0.1) is 17.6 Å². The van der Waals surface area contributed by atoms with Crippen LogP contribution in [0.1, 0.15) is 59.3 Å². The van der Waals surface area contributed by atoms with Crippen molar-refractivity contribution in [2.24, 2.45) is 11.3 Å². The number of ketones is 1. The predicted molar refractivity (Wildman–Crippen MR) is 64.3 cm³/mol. The van der Waals surface area contributed by atoms with E-state index < -0.39 is 0 Å². The van der Waals surface area contributed by atoms with Gasteiger partial charge in [-0.3, -0.25) is 4.79 Å². The van der Waals surface area contributed by atoms with Crippen LogP contribution in [0.25, 0.3) is 0 Å². The number of hydrogen-bond acceptors (Lipinski definition) is 2. The molecule has 0 N–H and O–H groups in total. The molecule has 0 aromatic heterocycles. The van der Waals surface area contributed by atoms with E-state index in [9.17, 15) is 4.79 Å². The van der Waals surface area contributed by atoms with Gasteiger partial charge in [-0.15, -0.1) is 0 Å². The van der Waals surface area contributed by atoms with Crippen molar-refractivity contribution >= 4 is 5.78 Å². The molecule has 0 aliphatic heterocycles. The van der Waals surface area contributed by atoms with E-state index in [2.05, 4.69) is 20.8 Å². The number of rotatable bonds is 3. The number of carbonyl (C=O) groups excluding carboxylic acids is 1. The normalized spacial score (nSPS) is 44.2. The molecule has 0 saturated heterocycles. The van der Waals surface area contributed by atoms with E-state index in [1.54, 1.807) is 0 Å². The second-order valence-corrected chi connectivity index (χ2v) is 5.82. The summed E-state index contributed by atoms with van der Waals surface area (Å²) in [6, 6.07) is 0. The van der Waals surface area contributed by atoms with Crippen LogP contribution in [0.15, 0.2) is 0 Å². The predicted octanol–water partition coefficient (Wildman–Crippen LogP) is 3.34. The fraction of sp³-hybridized carbons (Fsp3) is 0.929. The van der Waals surface area contributed by atoms with Crippen molar-refractivity contribution in [2.45, 2.75) is 71.5 Å². The molecule has 0 heterocycles. The Labute approximate surface area is 98.7 Å². The summed E-state index contributed by atoms with van der Waals surface area (Å²) in [5.41, 5.74) is -0.183. The van der Waals surface area contributed by atoms with Gasteiger partial charge < -0.3 is 4.74 Å². The first-order chi connectivity index (χ1) is 7.58. The van der Waals surface area contributed by atoms with Gasteiger partial charge in [-0.25, -0.2) is 0 Å². The molecule has 2 aliphatic rings. The third kappa shape index (κ3) is 1.92. The van der Waals surface area contributed by atoms with E-state index >= 15 is 0 Å². The lowest BCUT2D eigenvalue weighted by atomic mass is 9.64. The molecule has 4 atom stereocenters. The Kier molecular flexibility index (Phi) is 3.39. The van der Waals surface area contributed by atoms with Crippen molar-refractivity contribution in [1.82, 2.24) is 0 Å². The van der Waals surface area contributed by atoms with Crippen LogP contribution in [0.2, 0.25) is 0 Å². The summed E-state index contributed by atoms with van der Waals surface area (Å²) in [6.45, 7) is 6.45. The summed E-state index contributed by atoms with van der Waals surface area (Å²) in [4.78, 5) is 11.6. The largest absolute Gasteiger partial charge is 0.373 e. The Morgan fingerprint density at radius 2 is 2.06 bits per heavy atom. The fourth-order valence-corrected chi connectivity index (χ4v) is 2.99. The zero-order chi connectivity index (χ0) is 11.8. The van der Waals surface area contributed by atoms with Crippen LogP contribution >= 0.6 is 0 Å². The highest BCUT2D eigenvalue weighted by Gasteiger charge is 2.51. The molecular weight excluding hydrogens is 200 g/mol. The minimum atomic E-state index is -0.183. The Morgan fingerprint density at radius 1 is 1.38 bits per heavy atom. The van der Waals surface area contributed by atoms with Crippen molar-refractivity contribution in [3.63, 3.8) is 0 Å². The molecule has 0 spiro atoms. The molecule has 0 radical (unpaired) electrons. The van der Waals surface area contributed by atoms with Crippen LogP contribution in [-0.2, 0) is 9.53 Å². The Bertz CT molecular complexity index is 274. The van der Waals surface area contributed by atoms with Gasteiger partial charge in [0.2, 0.25) is 0 Å². The van der Waals surface area contributed by atoms with Gasteiger partial charge in [0, 0.05) is 6.42 Å². The molecule has 2 saturated carbocycles. The average Bonchev–Trinajstić information content (AvgIpc) is 2.30. The van der Waals surface area contributed by atoms with Gasteiger partial charge >= 0.3 is 0 Å². The molecule has 2 fully saturated rings. The van der Waals surface area contributed by atoms with Crippen molar-refractivity contribution in [3.8, 4) is 0 Å². The van der Waals surface area contributed by atoms with Gasteiger partial charge in [-0.05, 0) is 25.2 Å². The molecule has 2 nitrogen and oxygen atoms in total. The van der Waals surface area contributed by atoms with E-state index in [0.717, 1.165) is 6.42 Å². The molecule has 0 aromatic rings. The van der Waals surface area contributed by atoms with Gasteiger partial charge in [0.1, 0.15) is 5.78 Å². The van der Waals surface area contributed by atoms with Crippen LogP contribution in [0.3, 0.4) is 0 Å². The SMILES string of the molecule is CCC1(C)C(=O)CC1OC1CCCCC1C. The number of carbonyl (C=O) groups is 1. The highest BCUT2D eigenvalue weighted by molar-refractivity contribution is 5.91. The summed E-state index contributed by atoms with van der Waals surface area (Å²) in [6.07, 6.45) is 7.26. The summed E-state index contributed by atoms with van der Waals surface area (Å²) < 4.78 is 6.20. The quantitative estimate of drug-likeness (QED) is 0.735. The topological polar surface area (TPSA) is 26.3 Å². The Balaban J connectivity index is 1.92. The molecule has 16 heavy (non-hydrogen) atoms. The second-order valence-electron chi connectivity index (χ2n) is 5.82. The molecule has 2 rings (SSSR count). The van der Waals surface area contributed by atoms with E-state index in [-0.39, 0.29) is 11.5 Å². The van der Waals surface area contributed by atoms with Crippen LogP contribution in [0.4, 0.5) is 0 Å². The third-order valence-electron chi connectivity index (χ3n) is 4.82. The maximum absolute atomic E-state index is 11.6. The lowest BCUT2D eigenvalue weighted by Gasteiger charge is -2.47. The Hall–Kier alpha value is -0.370. The molecule has 0 amide bonds. The van der Waals surface area contributed by atoms with Crippen molar-refractivity contribution < 1.29 is 9.53 Å².